The van der Waals surface area contributed by atoms with Crippen LogP contribution < -0.4 is 0 Å². The molecule has 3 aromatic rings. The van der Waals surface area contributed by atoms with E-state index in [1.54, 1.807) is 0 Å². The van der Waals surface area contributed by atoms with Gasteiger partial charge in [-0.1, -0.05) is 0 Å². The Morgan fingerprint density at radius 2 is 0.760 bits per heavy atom. The van der Waals surface area contributed by atoms with E-state index in [4.69, 9.17) is 0 Å². The zero-order chi connectivity index (χ0) is 18.5. The molecule has 1 aromatic heterocycles. The van der Waals surface area contributed by atoms with Crippen molar-refractivity contribution in [3.05, 3.63) is 70.8 Å². The highest BCUT2D eigenvalue weighted by molar-refractivity contribution is 7.18. The molecule has 9 heteroatoms. The molecule has 2 aromatic carbocycles. The number of rotatable bonds is 2. The third kappa shape index (κ3) is 2.78. The Kier molecular flexibility index (Phi) is 4.28. The first-order chi connectivity index (χ1) is 11.7. The summed E-state index contributed by atoms with van der Waals surface area (Å²) in [4.78, 5) is -0.848. The third-order valence-electron chi connectivity index (χ3n) is 3.32. The molecule has 25 heavy (non-hydrogen) atoms. The lowest BCUT2D eigenvalue weighted by molar-refractivity contribution is 0.458. The molecule has 0 amide bonds. The number of hydrogen-bond donors (Lipinski definition) is 0. The van der Waals surface area contributed by atoms with Crippen LogP contribution in [0.5, 0.6) is 0 Å². The minimum absolute atomic E-state index is 0.00394. The molecule has 0 aliphatic rings. The van der Waals surface area contributed by atoms with Crippen molar-refractivity contribution in [1.29, 1.82) is 0 Å². The molecule has 0 saturated heterocycles. The van der Waals surface area contributed by atoms with E-state index in [9.17, 15) is 35.1 Å². The summed E-state index contributed by atoms with van der Waals surface area (Å²) in [6.45, 7) is 0. The monoisotopic (exact) mass is 380 g/mol. The largest absolute Gasteiger partial charge is 0.204 e. The molecule has 1 heterocycles. The Morgan fingerprint density at radius 1 is 0.480 bits per heavy atom. The first kappa shape index (κ1) is 17.4. The normalized spacial score (nSPS) is 11.2. The predicted molar refractivity (Wildman–Crippen MR) is 74.9 cm³/mol. The van der Waals surface area contributed by atoms with Gasteiger partial charge >= 0.3 is 0 Å². The summed E-state index contributed by atoms with van der Waals surface area (Å²) < 4.78 is 108. The summed E-state index contributed by atoms with van der Waals surface area (Å²) in [5.74, 6) is -13.5. The summed E-state index contributed by atoms with van der Waals surface area (Å²) >= 11 is 0.304. The van der Waals surface area contributed by atoms with Crippen LogP contribution in [-0.4, -0.2) is 0 Å². The molecular formula is C16H4F8S. The van der Waals surface area contributed by atoms with E-state index in [0.29, 0.717) is 11.3 Å². The molecule has 0 spiro atoms. The predicted octanol–water partition coefficient (Wildman–Crippen LogP) is 6.19. The molecule has 0 aliphatic heterocycles. The molecule has 0 saturated carbocycles. The first-order valence-electron chi connectivity index (χ1n) is 6.49. The SMILES string of the molecule is Fc1cc(F)c(F)c(-c2ccc(-c3c(F)c(F)cc(F)c3F)s2)c1F. The van der Waals surface area contributed by atoms with Crippen molar-refractivity contribution in [2.24, 2.45) is 0 Å². The van der Waals surface area contributed by atoms with Crippen molar-refractivity contribution in [2.45, 2.75) is 0 Å². The second-order valence-corrected chi connectivity index (χ2v) is 5.93. The van der Waals surface area contributed by atoms with Crippen molar-refractivity contribution >= 4 is 11.3 Å². The lowest BCUT2D eigenvalue weighted by atomic mass is 10.1. The van der Waals surface area contributed by atoms with E-state index in [1.807, 2.05) is 0 Å². The maximum atomic E-state index is 13.8. The summed E-state index contributed by atoms with van der Waals surface area (Å²) in [7, 11) is 0. The van der Waals surface area contributed by atoms with Crippen LogP contribution in [0, 0.1) is 46.5 Å². The highest BCUT2D eigenvalue weighted by Crippen LogP contribution is 2.40. The molecule has 0 aliphatic carbocycles. The molecule has 0 nitrogen and oxygen atoms in total. The van der Waals surface area contributed by atoms with Gasteiger partial charge in [0, 0.05) is 21.9 Å². The van der Waals surface area contributed by atoms with E-state index in [2.05, 4.69) is 0 Å². The molecule has 0 bridgehead atoms. The van der Waals surface area contributed by atoms with Crippen LogP contribution in [0.25, 0.3) is 20.9 Å². The quantitative estimate of drug-likeness (QED) is 0.367. The van der Waals surface area contributed by atoms with Gasteiger partial charge < -0.3 is 0 Å². The van der Waals surface area contributed by atoms with Gasteiger partial charge in [-0.2, -0.15) is 0 Å². The highest BCUT2D eigenvalue weighted by Gasteiger charge is 2.25. The van der Waals surface area contributed by atoms with Gasteiger partial charge in [-0.3, -0.25) is 0 Å². The Labute approximate surface area is 139 Å². The van der Waals surface area contributed by atoms with Gasteiger partial charge in [-0.15, -0.1) is 11.3 Å². The molecule has 0 unspecified atom stereocenters. The van der Waals surface area contributed by atoms with E-state index >= 15 is 0 Å². The summed E-state index contributed by atoms with van der Waals surface area (Å²) in [6, 6.07) is 1.85. The number of halogens is 8. The molecule has 0 radical (unpaired) electrons. The van der Waals surface area contributed by atoms with Gasteiger partial charge in [0.05, 0.1) is 11.1 Å². The van der Waals surface area contributed by atoms with Crippen LogP contribution in [0.15, 0.2) is 24.3 Å². The van der Waals surface area contributed by atoms with Crippen molar-refractivity contribution < 1.29 is 35.1 Å². The fourth-order valence-corrected chi connectivity index (χ4v) is 3.26. The van der Waals surface area contributed by atoms with Crippen LogP contribution in [0.3, 0.4) is 0 Å². The number of hydrogen-bond acceptors (Lipinski definition) is 1. The summed E-state index contributed by atoms with van der Waals surface area (Å²) in [5, 5.41) is 0. The molecule has 0 N–H and O–H groups in total. The number of thiophene rings is 1. The van der Waals surface area contributed by atoms with Crippen LogP contribution in [-0.2, 0) is 0 Å². The molecular weight excluding hydrogens is 376 g/mol. The Bertz CT molecular complexity index is 862. The Balaban J connectivity index is 2.22. The first-order valence-corrected chi connectivity index (χ1v) is 7.30. The Morgan fingerprint density at radius 3 is 1.04 bits per heavy atom. The molecule has 3 rings (SSSR count). The fourth-order valence-electron chi connectivity index (χ4n) is 2.19. The van der Waals surface area contributed by atoms with Gasteiger partial charge in [0.25, 0.3) is 0 Å². The molecule has 130 valence electrons. The van der Waals surface area contributed by atoms with E-state index < -0.39 is 67.4 Å². The smallest absolute Gasteiger partial charge is 0.170 e. The molecule has 0 atom stereocenters. The summed E-state index contributed by atoms with van der Waals surface area (Å²) in [6.07, 6.45) is 0. The minimum Gasteiger partial charge on any atom is -0.204 e. The van der Waals surface area contributed by atoms with Crippen molar-refractivity contribution in [2.75, 3.05) is 0 Å². The lowest BCUT2D eigenvalue weighted by Crippen LogP contribution is -1.97. The number of benzene rings is 2. The van der Waals surface area contributed by atoms with Gasteiger partial charge in [0.1, 0.15) is 0 Å². The third-order valence-corrected chi connectivity index (χ3v) is 4.44. The van der Waals surface area contributed by atoms with Crippen molar-refractivity contribution in [3.8, 4) is 20.9 Å². The van der Waals surface area contributed by atoms with Crippen molar-refractivity contribution in [3.63, 3.8) is 0 Å². The maximum Gasteiger partial charge on any atom is 0.170 e. The zero-order valence-corrected chi connectivity index (χ0v) is 12.6. The second-order valence-electron chi connectivity index (χ2n) is 4.85. The lowest BCUT2D eigenvalue weighted by Gasteiger charge is -2.06. The average Bonchev–Trinajstić information content (AvgIpc) is 3.01. The van der Waals surface area contributed by atoms with Crippen molar-refractivity contribution in [1.82, 2.24) is 0 Å². The minimum atomic E-state index is -1.71. The summed E-state index contributed by atoms with van der Waals surface area (Å²) in [5.41, 5.74) is -2.18. The van der Waals surface area contributed by atoms with Gasteiger partial charge in [0.2, 0.25) is 0 Å². The Hall–Kier alpha value is -2.42. The van der Waals surface area contributed by atoms with E-state index in [1.165, 1.54) is 0 Å². The van der Waals surface area contributed by atoms with Crippen LogP contribution in [0.2, 0.25) is 0 Å². The van der Waals surface area contributed by atoms with E-state index in [-0.39, 0.29) is 12.1 Å². The zero-order valence-electron chi connectivity index (χ0n) is 11.7. The van der Waals surface area contributed by atoms with Crippen LogP contribution >= 0.6 is 11.3 Å². The fraction of sp³-hybridized carbons (Fsp3) is 0. The van der Waals surface area contributed by atoms with Gasteiger partial charge in [-0.25, -0.2) is 35.1 Å². The average molecular weight is 380 g/mol. The van der Waals surface area contributed by atoms with E-state index in [0.717, 1.165) is 12.1 Å². The highest BCUT2D eigenvalue weighted by atomic mass is 32.1. The standard InChI is InChI=1S/C16H4F8S/c17-5-3-6(18)14(22)11(13(5)21)9-1-2-10(25-9)12-15(23)7(19)4-8(20)16(12)24/h1-4H. The molecule has 0 fully saturated rings. The van der Waals surface area contributed by atoms with Gasteiger partial charge in [0.15, 0.2) is 46.5 Å². The van der Waals surface area contributed by atoms with Crippen LogP contribution in [0.4, 0.5) is 35.1 Å². The van der Waals surface area contributed by atoms with Crippen LogP contribution in [0.1, 0.15) is 0 Å². The second kappa shape index (κ2) is 6.14. The maximum absolute atomic E-state index is 13.8. The topological polar surface area (TPSA) is 0 Å². The van der Waals surface area contributed by atoms with Gasteiger partial charge in [-0.05, 0) is 12.1 Å².